The van der Waals surface area contributed by atoms with Gasteiger partial charge in [-0.25, -0.2) is 18.4 Å². The molecule has 1 amide bonds. The van der Waals surface area contributed by atoms with Crippen molar-refractivity contribution in [1.29, 1.82) is 0 Å². The lowest BCUT2D eigenvalue weighted by Crippen LogP contribution is -2.56. The van der Waals surface area contributed by atoms with Crippen molar-refractivity contribution in [3.63, 3.8) is 0 Å². The Morgan fingerprint density at radius 1 is 1.16 bits per heavy atom. The molecule has 12 heteroatoms. The van der Waals surface area contributed by atoms with Crippen LogP contribution in [0.4, 0.5) is 8.78 Å². The number of hydrogen-bond donors (Lipinski definition) is 0. The summed E-state index contributed by atoms with van der Waals surface area (Å²) in [5.41, 5.74) is 0.703. The molecule has 3 aliphatic heterocycles. The van der Waals surface area contributed by atoms with Crippen LogP contribution < -0.4 is 4.74 Å². The Morgan fingerprint density at radius 2 is 1.89 bits per heavy atom. The molecule has 38 heavy (non-hydrogen) atoms. The fourth-order valence-electron chi connectivity index (χ4n) is 4.82. The van der Waals surface area contributed by atoms with Crippen molar-refractivity contribution < 1.29 is 27.8 Å². The lowest BCUT2D eigenvalue weighted by molar-refractivity contribution is -0.113. The van der Waals surface area contributed by atoms with Gasteiger partial charge in [-0.2, -0.15) is 0 Å². The maximum atomic E-state index is 15.0. The predicted octanol–water partition coefficient (Wildman–Crippen LogP) is 4.07. The number of halogens is 2. The van der Waals surface area contributed by atoms with E-state index in [0.29, 0.717) is 53.3 Å². The lowest BCUT2D eigenvalue weighted by atomic mass is 9.99. The number of aromatic nitrogens is 3. The smallest absolute Gasteiger partial charge is 0.293 e. The minimum absolute atomic E-state index is 0.0310. The number of ether oxygens (including phenoxy) is 3. The summed E-state index contributed by atoms with van der Waals surface area (Å²) in [6.07, 6.45) is -0.0437. The number of rotatable bonds is 3. The van der Waals surface area contributed by atoms with Crippen LogP contribution in [0.2, 0.25) is 0 Å². The van der Waals surface area contributed by atoms with Crippen LogP contribution in [0.1, 0.15) is 66.9 Å². The molecule has 6 rings (SSSR count). The number of amides is 1. The van der Waals surface area contributed by atoms with Gasteiger partial charge in [0, 0.05) is 24.2 Å². The fourth-order valence-corrected chi connectivity index (χ4v) is 5.97. The minimum Gasteiger partial charge on any atom is -0.481 e. The predicted molar refractivity (Wildman–Crippen MR) is 135 cm³/mol. The van der Waals surface area contributed by atoms with Gasteiger partial charge in [-0.15, -0.1) is 5.10 Å². The molecule has 200 valence electrons. The molecule has 1 fully saturated rings. The van der Waals surface area contributed by atoms with E-state index < -0.39 is 17.7 Å². The van der Waals surface area contributed by atoms with Crippen LogP contribution in [0.5, 0.6) is 5.06 Å². The van der Waals surface area contributed by atoms with Crippen molar-refractivity contribution in [2.75, 3.05) is 26.3 Å². The number of nitrogens with zero attached hydrogens (tertiary/aromatic N) is 5. The van der Waals surface area contributed by atoms with Gasteiger partial charge in [-0.3, -0.25) is 9.79 Å². The largest absolute Gasteiger partial charge is 0.481 e. The van der Waals surface area contributed by atoms with E-state index in [9.17, 15) is 4.79 Å². The van der Waals surface area contributed by atoms with Crippen LogP contribution in [0.15, 0.2) is 23.2 Å². The Bertz CT molecular complexity index is 1430. The van der Waals surface area contributed by atoms with Crippen molar-refractivity contribution in [2.24, 2.45) is 4.99 Å². The third-order valence-corrected chi connectivity index (χ3v) is 7.58. The minimum atomic E-state index is -0.731. The number of thiophene rings is 1. The molecule has 5 heterocycles. The highest BCUT2D eigenvalue weighted by molar-refractivity contribution is 7.17. The lowest BCUT2D eigenvalue weighted by Gasteiger charge is -2.41. The van der Waals surface area contributed by atoms with E-state index in [1.54, 1.807) is 16.5 Å². The zero-order valence-corrected chi connectivity index (χ0v) is 22.3. The van der Waals surface area contributed by atoms with Crippen LogP contribution in [-0.2, 0) is 16.1 Å². The third kappa shape index (κ3) is 4.30. The fraction of sp³-hybridized carbons (Fsp3) is 0.462. The van der Waals surface area contributed by atoms with Gasteiger partial charge >= 0.3 is 0 Å². The van der Waals surface area contributed by atoms with Crippen molar-refractivity contribution in [3.8, 4) is 10.1 Å². The van der Waals surface area contributed by atoms with E-state index in [-0.39, 0.29) is 41.3 Å². The van der Waals surface area contributed by atoms with Crippen molar-refractivity contribution >= 4 is 23.0 Å². The molecular weight excluding hydrogens is 516 g/mol. The second-order valence-electron chi connectivity index (χ2n) is 10.5. The van der Waals surface area contributed by atoms with Gasteiger partial charge < -0.3 is 19.1 Å². The number of carbonyl (C=O) groups is 1. The first-order valence-corrected chi connectivity index (χ1v) is 13.3. The summed E-state index contributed by atoms with van der Waals surface area (Å²) in [5, 5.41) is 5.65. The molecule has 0 unspecified atom stereocenters. The average Bonchev–Trinajstić information content (AvgIpc) is 3.31. The molecule has 0 N–H and O–H groups in total. The highest BCUT2D eigenvalue weighted by Crippen LogP contribution is 2.44. The van der Waals surface area contributed by atoms with Gasteiger partial charge in [-0.1, -0.05) is 17.4 Å². The summed E-state index contributed by atoms with van der Waals surface area (Å²) < 4.78 is 49.1. The summed E-state index contributed by atoms with van der Waals surface area (Å²) in [4.78, 5) is 24.2. The first kappa shape index (κ1) is 25.1. The summed E-state index contributed by atoms with van der Waals surface area (Å²) in [6.45, 7) is 9.50. The first-order chi connectivity index (χ1) is 18.1. The Kier molecular flexibility index (Phi) is 6.08. The maximum absolute atomic E-state index is 15.0. The molecule has 3 aliphatic rings. The normalized spacial score (nSPS) is 19.4. The number of carbonyl (C=O) groups excluding carboxylic acids is 1. The van der Waals surface area contributed by atoms with Crippen LogP contribution >= 0.6 is 11.3 Å². The van der Waals surface area contributed by atoms with E-state index in [0.717, 1.165) is 0 Å². The van der Waals surface area contributed by atoms with Crippen molar-refractivity contribution in [1.82, 2.24) is 19.7 Å². The number of hydrogen-bond acceptors (Lipinski definition) is 8. The van der Waals surface area contributed by atoms with Crippen molar-refractivity contribution in [2.45, 2.75) is 52.0 Å². The number of benzene rings is 1. The van der Waals surface area contributed by atoms with Gasteiger partial charge in [0.25, 0.3) is 5.91 Å². The van der Waals surface area contributed by atoms with E-state index >= 15 is 8.78 Å². The molecule has 0 spiro atoms. The highest BCUT2D eigenvalue weighted by atomic mass is 32.1. The molecule has 0 saturated carbocycles. The van der Waals surface area contributed by atoms with Crippen LogP contribution in [-0.4, -0.2) is 69.3 Å². The topological polar surface area (TPSA) is 91.1 Å². The highest BCUT2D eigenvalue weighted by Gasteiger charge is 2.39. The first-order valence-electron chi connectivity index (χ1n) is 12.4. The standard InChI is InChI=1S/C26H27F2N5O4S/c1-13-22-30-21(23(34)32-10-14(11-32)37-26(2,3)4)31-33(22)24-18(15-12-35-8-9-36-25(15)38-24)20(29-13)19-16(27)6-5-7-17(19)28/h5-7,13-14H,8-12H2,1-4H3/t13-/m0/s1. The van der Waals surface area contributed by atoms with E-state index in [4.69, 9.17) is 19.2 Å². The van der Waals surface area contributed by atoms with Crippen LogP contribution in [0.3, 0.4) is 0 Å². The summed E-state index contributed by atoms with van der Waals surface area (Å²) >= 11 is 1.27. The molecule has 3 aromatic rings. The van der Waals surface area contributed by atoms with Gasteiger partial charge in [0.05, 0.1) is 36.2 Å². The van der Waals surface area contributed by atoms with Gasteiger partial charge in [0.1, 0.15) is 29.3 Å². The second kappa shape index (κ2) is 9.21. The van der Waals surface area contributed by atoms with Gasteiger partial charge in [0.15, 0.2) is 10.9 Å². The van der Waals surface area contributed by atoms with Crippen LogP contribution in [0, 0.1) is 11.6 Å². The zero-order valence-electron chi connectivity index (χ0n) is 21.5. The van der Waals surface area contributed by atoms with Gasteiger partial charge in [0.2, 0.25) is 5.82 Å². The summed E-state index contributed by atoms with van der Waals surface area (Å²) in [6, 6.07) is 3.07. The Labute approximate surface area is 222 Å². The Balaban J connectivity index is 1.43. The summed E-state index contributed by atoms with van der Waals surface area (Å²) in [7, 11) is 0. The summed E-state index contributed by atoms with van der Waals surface area (Å²) in [5.74, 6) is -1.35. The average molecular weight is 544 g/mol. The maximum Gasteiger partial charge on any atom is 0.293 e. The van der Waals surface area contributed by atoms with E-state index in [1.165, 1.54) is 29.5 Å². The zero-order chi connectivity index (χ0) is 26.8. The van der Waals surface area contributed by atoms with Crippen molar-refractivity contribution in [3.05, 3.63) is 58.2 Å². The SMILES string of the molecule is C[C@@H]1N=C(c2c(F)cccc2F)c2c(sc3c2COCCO3)-n2nc(C(=O)N3CC(OC(C)(C)C)C3)nc21. The second-order valence-corrected chi connectivity index (χ2v) is 11.4. The number of aliphatic imine (C=N–C) groups is 1. The molecule has 9 nitrogen and oxygen atoms in total. The molecule has 0 aliphatic carbocycles. The molecular formula is C26H27F2N5O4S. The number of fused-ring (bicyclic) bond motifs is 5. The Hall–Kier alpha value is -3.22. The molecule has 0 bridgehead atoms. The van der Waals surface area contributed by atoms with Crippen LogP contribution in [0.25, 0.3) is 5.00 Å². The third-order valence-electron chi connectivity index (χ3n) is 6.46. The quantitative estimate of drug-likeness (QED) is 0.495. The molecule has 1 saturated heterocycles. The molecule has 0 radical (unpaired) electrons. The molecule has 1 atom stereocenters. The van der Waals surface area contributed by atoms with E-state index in [1.807, 2.05) is 20.8 Å². The monoisotopic (exact) mass is 543 g/mol. The number of likely N-dealkylation sites (tertiary alicyclic amines) is 1. The molecule has 1 aromatic carbocycles. The molecule has 2 aromatic heterocycles. The Morgan fingerprint density at radius 3 is 2.61 bits per heavy atom. The van der Waals surface area contributed by atoms with Gasteiger partial charge in [-0.05, 0) is 39.8 Å². The van der Waals surface area contributed by atoms with E-state index in [2.05, 4.69) is 10.1 Å².